The van der Waals surface area contributed by atoms with E-state index >= 15 is 0 Å². The van der Waals surface area contributed by atoms with Gasteiger partial charge in [0.15, 0.2) is 0 Å². The number of nitrogens with one attached hydrogen (secondary N) is 1. The van der Waals surface area contributed by atoms with Crippen LogP contribution in [0.1, 0.15) is 27.2 Å². The minimum Gasteiger partial charge on any atom is -0.497 e. The first-order chi connectivity index (χ1) is 10.8. The predicted molar refractivity (Wildman–Crippen MR) is 96.2 cm³/mol. The van der Waals surface area contributed by atoms with E-state index in [1.165, 1.54) is 0 Å². The Morgan fingerprint density at radius 2 is 1.79 bits per heavy atom. The molecule has 0 radical (unpaired) electrons. The molecule has 6 nitrogen and oxygen atoms in total. The third-order valence-electron chi connectivity index (χ3n) is 4.84. The maximum Gasteiger partial charge on any atom is 0.245 e. The lowest BCUT2D eigenvalue weighted by Crippen LogP contribution is -2.74. The van der Waals surface area contributed by atoms with Crippen molar-refractivity contribution in [2.24, 2.45) is 11.1 Å². The number of halogens is 1. The largest absolute Gasteiger partial charge is 0.497 e. The van der Waals surface area contributed by atoms with Gasteiger partial charge in [-0.15, -0.1) is 12.4 Å². The maximum absolute atomic E-state index is 12.7. The summed E-state index contributed by atoms with van der Waals surface area (Å²) in [7, 11) is 3.12. The van der Waals surface area contributed by atoms with Gasteiger partial charge in [0.05, 0.1) is 20.3 Å². The molecule has 24 heavy (non-hydrogen) atoms. The van der Waals surface area contributed by atoms with Gasteiger partial charge in [0.25, 0.3) is 0 Å². The fourth-order valence-corrected chi connectivity index (χ4v) is 2.94. The number of carbonyl (C=O) groups excluding carboxylic acids is 1. The van der Waals surface area contributed by atoms with Gasteiger partial charge < -0.3 is 25.3 Å². The lowest BCUT2D eigenvalue weighted by atomic mass is 9.54. The van der Waals surface area contributed by atoms with Gasteiger partial charge in [0.1, 0.15) is 17.0 Å². The number of carbonyl (C=O) groups is 1. The molecule has 1 amide bonds. The number of methoxy groups -OCH3 is 2. The summed E-state index contributed by atoms with van der Waals surface area (Å²) >= 11 is 0. The second-order valence-electron chi connectivity index (χ2n) is 6.40. The van der Waals surface area contributed by atoms with Crippen LogP contribution in [0, 0.1) is 5.41 Å². The van der Waals surface area contributed by atoms with Gasteiger partial charge in [0.2, 0.25) is 5.91 Å². The second kappa shape index (κ2) is 7.59. The zero-order chi connectivity index (χ0) is 17.3. The van der Waals surface area contributed by atoms with Crippen LogP contribution >= 0.6 is 12.4 Å². The van der Waals surface area contributed by atoms with E-state index in [4.69, 9.17) is 19.9 Å². The summed E-state index contributed by atoms with van der Waals surface area (Å²) in [6.45, 7) is 6.47. The standard InChI is InChI=1S/C17H26N2O4.ClH/c1-6-23-14-10-17(18,16(14,2)3)15(20)19-11-7-12(21-4)9-13(8-11)22-5;/h7-9,14H,6,10,18H2,1-5H3,(H,19,20);1H. The summed E-state index contributed by atoms with van der Waals surface area (Å²) < 4.78 is 16.1. The average Bonchev–Trinajstić information content (AvgIpc) is 2.53. The molecular weight excluding hydrogens is 332 g/mol. The smallest absolute Gasteiger partial charge is 0.245 e. The van der Waals surface area contributed by atoms with Gasteiger partial charge in [-0.1, -0.05) is 13.8 Å². The van der Waals surface area contributed by atoms with E-state index in [1.807, 2.05) is 20.8 Å². The predicted octanol–water partition coefficient (Wildman–Crippen LogP) is 2.60. The van der Waals surface area contributed by atoms with Crippen LogP contribution in [0.15, 0.2) is 18.2 Å². The number of rotatable bonds is 6. The molecule has 136 valence electrons. The Morgan fingerprint density at radius 1 is 1.25 bits per heavy atom. The number of anilines is 1. The molecule has 1 aliphatic rings. The first kappa shape index (κ1) is 20.5. The van der Waals surface area contributed by atoms with Crippen LogP contribution in [-0.4, -0.2) is 38.4 Å². The van der Waals surface area contributed by atoms with Gasteiger partial charge in [-0.2, -0.15) is 0 Å². The van der Waals surface area contributed by atoms with Gasteiger partial charge in [0, 0.05) is 42.3 Å². The van der Waals surface area contributed by atoms with Crippen molar-refractivity contribution >= 4 is 24.0 Å². The SMILES string of the molecule is CCOC1CC(N)(C(=O)Nc2cc(OC)cc(OC)c2)C1(C)C.Cl. The maximum atomic E-state index is 12.7. The van der Waals surface area contributed by atoms with E-state index in [1.54, 1.807) is 32.4 Å². The molecule has 2 rings (SSSR count). The molecule has 1 aliphatic carbocycles. The van der Waals surface area contributed by atoms with Crippen molar-refractivity contribution in [3.63, 3.8) is 0 Å². The van der Waals surface area contributed by atoms with Crippen LogP contribution in [0.4, 0.5) is 5.69 Å². The zero-order valence-corrected chi connectivity index (χ0v) is 15.7. The Bertz CT molecular complexity index is 572. The summed E-state index contributed by atoms with van der Waals surface area (Å²) in [4.78, 5) is 12.7. The minimum absolute atomic E-state index is 0. The van der Waals surface area contributed by atoms with E-state index in [0.29, 0.717) is 30.2 Å². The van der Waals surface area contributed by atoms with Crippen LogP contribution in [-0.2, 0) is 9.53 Å². The fourth-order valence-electron chi connectivity index (χ4n) is 2.94. The Kier molecular flexibility index (Phi) is 6.50. The van der Waals surface area contributed by atoms with E-state index in [-0.39, 0.29) is 24.4 Å². The Labute approximate surface area is 149 Å². The van der Waals surface area contributed by atoms with Crippen molar-refractivity contribution in [2.75, 3.05) is 26.1 Å². The number of amides is 1. The molecule has 2 unspecified atom stereocenters. The molecule has 0 saturated heterocycles. The van der Waals surface area contributed by atoms with E-state index in [9.17, 15) is 4.79 Å². The van der Waals surface area contributed by atoms with Crippen molar-refractivity contribution in [1.82, 2.24) is 0 Å². The third-order valence-corrected chi connectivity index (χ3v) is 4.84. The second-order valence-corrected chi connectivity index (χ2v) is 6.40. The van der Waals surface area contributed by atoms with Crippen molar-refractivity contribution < 1.29 is 19.0 Å². The normalized spacial score (nSPS) is 24.3. The van der Waals surface area contributed by atoms with Gasteiger partial charge in [-0.25, -0.2) is 0 Å². The molecule has 0 aromatic heterocycles. The summed E-state index contributed by atoms with van der Waals surface area (Å²) in [6, 6.07) is 5.21. The van der Waals surface area contributed by atoms with Crippen LogP contribution in [0.2, 0.25) is 0 Å². The van der Waals surface area contributed by atoms with E-state index in [0.717, 1.165) is 0 Å². The van der Waals surface area contributed by atoms with Crippen molar-refractivity contribution in [3.05, 3.63) is 18.2 Å². The summed E-state index contributed by atoms with van der Waals surface area (Å²) in [6.07, 6.45) is 0.490. The Hall–Kier alpha value is -1.50. The molecular formula is C17H27ClN2O4. The molecule has 1 aromatic carbocycles. The third kappa shape index (κ3) is 3.45. The first-order valence-electron chi connectivity index (χ1n) is 7.73. The number of ether oxygens (including phenoxy) is 3. The van der Waals surface area contributed by atoms with Gasteiger partial charge in [-0.05, 0) is 6.92 Å². The zero-order valence-electron chi connectivity index (χ0n) is 14.8. The molecule has 1 fully saturated rings. The van der Waals surface area contributed by atoms with Gasteiger partial charge in [-0.3, -0.25) is 4.79 Å². The van der Waals surface area contributed by atoms with E-state index < -0.39 is 11.0 Å². The first-order valence-corrected chi connectivity index (χ1v) is 7.73. The lowest BCUT2D eigenvalue weighted by Gasteiger charge is -2.57. The summed E-state index contributed by atoms with van der Waals surface area (Å²) in [5.74, 6) is 0.977. The van der Waals surface area contributed by atoms with Crippen molar-refractivity contribution in [3.8, 4) is 11.5 Å². The molecule has 0 spiro atoms. The lowest BCUT2D eigenvalue weighted by molar-refractivity contribution is -0.166. The Morgan fingerprint density at radius 3 is 2.21 bits per heavy atom. The molecule has 3 N–H and O–H groups in total. The van der Waals surface area contributed by atoms with Crippen LogP contribution in [0.5, 0.6) is 11.5 Å². The quantitative estimate of drug-likeness (QED) is 0.816. The minimum atomic E-state index is -0.969. The summed E-state index contributed by atoms with van der Waals surface area (Å²) in [5, 5.41) is 2.87. The molecule has 7 heteroatoms. The number of nitrogens with two attached hydrogens (primary N) is 1. The van der Waals surface area contributed by atoms with Crippen LogP contribution in [0.3, 0.4) is 0 Å². The van der Waals surface area contributed by atoms with Gasteiger partial charge >= 0.3 is 0 Å². The number of hydrogen-bond acceptors (Lipinski definition) is 5. The molecule has 0 bridgehead atoms. The van der Waals surface area contributed by atoms with E-state index in [2.05, 4.69) is 5.32 Å². The van der Waals surface area contributed by atoms with Crippen molar-refractivity contribution in [1.29, 1.82) is 0 Å². The molecule has 1 aromatic rings. The van der Waals surface area contributed by atoms with Crippen LogP contribution in [0.25, 0.3) is 0 Å². The highest BCUT2D eigenvalue weighted by molar-refractivity contribution is 6.00. The number of hydrogen-bond donors (Lipinski definition) is 2. The fraction of sp³-hybridized carbons (Fsp3) is 0.588. The summed E-state index contributed by atoms with van der Waals surface area (Å²) in [5.41, 5.74) is 5.57. The highest BCUT2D eigenvalue weighted by Gasteiger charge is 2.62. The van der Waals surface area contributed by atoms with Crippen LogP contribution < -0.4 is 20.5 Å². The topological polar surface area (TPSA) is 82.8 Å². The Balaban J connectivity index is 0.00000288. The highest BCUT2D eigenvalue weighted by Crippen LogP contribution is 2.50. The highest BCUT2D eigenvalue weighted by atomic mass is 35.5. The number of benzene rings is 1. The van der Waals surface area contributed by atoms with Crippen molar-refractivity contribution in [2.45, 2.75) is 38.8 Å². The molecule has 1 saturated carbocycles. The molecule has 0 aliphatic heterocycles. The monoisotopic (exact) mass is 358 g/mol. The molecule has 2 atom stereocenters. The molecule has 0 heterocycles. The average molecular weight is 359 g/mol.